The van der Waals surface area contributed by atoms with Crippen molar-refractivity contribution >= 4 is 16.2 Å². The van der Waals surface area contributed by atoms with E-state index >= 15 is 0 Å². The molecule has 98 valence electrons. The number of hydrogen-bond donors (Lipinski definition) is 2. The molecule has 0 heterocycles. The fourth-order valence-electron chi connectivity index (χ4n) is 2.53. The van der Waals surface area contributed by atoms with Gasteiger partial charge in [-0.25, -0.2) is 13.6 Å². The second-order valence-electron chi connectivity index (χ2n) is 5.20. The summed E-state index contributed by atoms with van der Waals surface area (Å²) in [5.41, 5.74) is 1.05. The lowest BCUT2D eigenvalue weighted by atomic mass is 10.0. The summed E-state index contributed by atoms with van der Waals surface area (Å²) in [5, 5.41) is 16.7. The lowest BCUT2D eigenvalue weighted by Crippen LogP contribution is -2.11. The largest absolute Gasteiger partial charge is 0.411 e. The summed E-state index contributed by atoms with van der Waals surface area (Å²) in [5.74, 6) is 0.408. The number of hydrogen-bond acceptors (Lipinski definition) is 4. The van der Waals surface area contributed by atoms with Crippen molar-refractivity contribution in [3.05, 3.63) is 29.8 Å². The molecule has 18 heavy (non-hydrogen) atoms. The van der Waals surface area contributed by atoms with Crippen LogP contribution >= 0.6 is 0 Å². The van der Waals surface area contributed by atoms with Crippen molar-refractivity contribution in [1.82, 2.24) is 0 Å². The van der Waals surface area contributed by atoms with Crippen molar-refractivity contribution < 1.29 is 13.6 Å². The molecule has 1 aliphatic carbocycles. The molecule has 0 amide bonds. The third-order valence-corrected chi connectivity index (χ3v) is 4.63. The van der Waals surface area contributed by atoms with Crippen LogP contribution in [0.4, 0.5) is 0 Å². The van der Waals surface area contributed by atoms with Crippen LogP contribution in [0.15, 0.2) is 34.3 Å². The van der Waals surface area contributed by atoms with Crippen molar-refractivity contribution in [2.75, 3.05) is 0 Å². The number of nitrogens with zero attached hydrogens (tertiary/aromatic N) is 1. The predicted molar refractivity (Wildman–Crippen MR) is 68.1 cm³/mol. The number of rotatable bonds is 3. The van der Waals surface area contributed by atoms with Crippen molar-refractivity contribution in [2.45, 2.75) is 24.7 Å². The summed E-state index contributed by atoms with van der Waals surface area (Å²) in [6, 6.07) is 6.53. The Labute approximate surface area is 106 Å². The minimum atomic E-state index is -3.64. The van der Waals surface area contributed by atoms with Gasteiger partial charge < -0.3 is 5.21 Å². The van der Waals surface area contributed by atoms with Gasteiger partial charge in [-0.15, -0.1) is 5.16 Å². The maximum Gasteiger partial charge on any atom is 0.238 e. The predicted octanol–water partition coefficient (Wildman–Crippen LogP) is 1.53. The molecule has 1 saturated carbocycles. The highest BCUT2D eigenvalue weighted by Crippen LogP contribution is 2.63. The van der Waals surface area contributed by atoms with E-state index in [1.54, 1.807) is 12.1 Å². The molecule has 1 fully saturated rings. The average molecular weight is 268 g/mol. The van der Waals surface area contributed by atoms with Crippen LogP contribution in [0.1, 0.15) is 25.3 Å². The second kappa shape index (κ2) is 4.07. The van der Waals surface area contributed by atoms with E-state index in [2.05, 4.69) is 19.0 Å². The summed E-state index contributed by atoms with van der Waals surface area (Å²) < 4.78 is 22.3. The zero-order valence-electron chi connectivity index (χ0n) is 10.2. The van der Waals surface area contributed by atoms with Crippen molar-refractivity contribution in [3.63, 3.8) is 0 Å². The van der Waals surface area contributed by atoms with Gasteiger partial charge >= 0.3 is 0 Å². The molecule has 5 nitrogen and oxygen atoms in total. The molecule has 3 N–H and O–H groups in total. The maximum atomic E-state index is 11.1. The summed E-state index contributed by atoms with van der Waals surface area (Å²) in [7, 11) is -3.64. The average Bonchev–Trinajstić information content (AvgIpc) is 2.80. The number of benzene rings is 1. The Morgan fingerprint density at radius 2 is 1.89 bits per heavy atom. The van der Waals surface area contributed by atoms with Gasteiger partial charge in [0.1, 0.15) is 0 Å². The molecule has 0 aromatic heterocycles. The molecular formula is C12H16N2O3S. The summed E-state index contributed by atoms with van der Waals surface area (Å²) >= 11 is 0. The zero-order valence-corrected chi connectivity index (χ0v) is 11.1. The third kappa shape index (κ3) is 2.13. The number of sulfonamides is 1. The Hall–Kier alpha value is -1.40. The van der Waals surface area contributed by atoms with Crippen LogP contribution < -0.4 is 5.14 Å². The second-order valence-corrected chi connectivity index (χ2v) is 6.76. The zero-order chi connectivity index (χ0) is 13.6. The van der Waals surface area contributed by atoms with E-state index < -0.39 is 10.0 Å². The molecule has 2 atom stereocenters. The molecule has 1 aromatic carbocycles. The molecule has 0 spiro atoms. The van der Waals surface area contributed by atoms with Gasteiger partial charge in [0.15, 0.2) is 0 Å². The van der Waals surface area contributed by atoms with Crippen LogP contribution in [0, 0.1) is 11.3 Å². The van der Waals surface area contributed by atoms with Crippen LogP contribution in [0.25, 0.3) is 0 Å². The van der Waals surface area contributed by atoms with E-state index in [4.69, 9.17) is 10.3 Å². The van der Waals surface area contributed by atoms with Gasteiger partial charge in [0.2, 0.25) is 10.0 Å². The summed E-state index contributed by atoms with van der Waals surface area (Å²) in [6.45, 7) is 4.16. The first-order valence-corrected chi connectivity index (χ1v) is 7.13. The minimum Gasteiger partial charge on any atom is -0.411 e. The van der Waals surface area contributed by atoms with E-state index in [9.17, 15) is 8.42 Å². The lowest BCUT2D eigenvalue weighted by Gasteiger charge is -2.04. The topological polar surface area (TPSA) is 92.8 Å². The lowest BCUT2D eigenvalue weighted by molar-refractivity contribution is 0.319. The molecule has 2 rings (SSSR count). The molecule has 0 radical (unpaired) electrons. The maximum absolute atomic E-state index is 11.1. The van der Waals surface area contributed by atoms with Crippen LogP contribution in [0.5, 0.6) is 0 Å². The van der Waals surface area contributed by atoms with Crippen molar-refractivity contribution in [2.24, 2.45) is 21.6 Å². The Morgan fingerprint density at radius 1 is 1.33 bits per heavy atom. The third-order valence-electron chi connectivity index (χ3n) is 3.71. The first-order valence-electron chi connectivity index (χ1n) is 5.59. The van der Waals surface area contributed by atoms with E-state index in [1.165, 1.54) is 18.3 Å². The normalized spacial score (nSPS) is 26.4. The van der Waals surface area contributed by atoms with Gasteiger partial charge in [-0.2, -0.15) is 0 Å². The number of oxime groups is 1. The number of nitrogens with two attached hydrogens (primary N) is 1. The molecule has 6 heteroatoms. The van der Waals surface area contributed by atoms with Crippen molar-refractivity contribution in [3.8, 4) is 0 Å². The molecule has 0 bridgehead atoms. The SMILES string of the molecule is CC1(C)C(/C=N\O)C1c1ccc(S(N)(=O)=O)cc1. The first kappa shape index (κ1) is 13.0. The van der Waals surface area contributed by atoms with Crippen LogP contribution in [-0.2, 0) is 10.0 Å². The number of primary sulfonamides is 1. The summed E-state index contributed by atoms with van der Waals surface area (Å²) in [6.07, 6.45) is 1.53. The monoisotopic (exact) mass is 268 g/mol. The van der Waals surface area contributed by atoms with Gasteiger partial charge in [-0.1, -0.05) is 26.0 Å². The minimum absolute atomic E-state index is 0.0232. The van der Waals surface area contributed by atoms with Gasteiger partial charge in [0.25, 0.3) is 0 Å². The highest BCUT2D eigenvalue weighted by molar-refractivity contribution is 7.89. The fraction of sp³-hybridized carbons (Fsp3) is 0.417. The molecule has 0 saturated heterocycles. The van der Waals surface area contributed by atoms with Crippen LogP contribution in [-0.4, -0.2) is 19.8 Å². The van der Waals surface area contributed by atoms with E-state index in [-0.39, 0.29) is 22.1 Å². The van der Waals surface area contributed by atoms with Gasteiger partial charge in [-0.3, -0.25) is 0 Å². The highest BCUT2D eigenvalue weighted by Gasteiger charge is 2.57. The summed E-state index contributed by atoms with van der Waals surface area (Å²) in [4.78, 5) is 0.108. The van der Waals surface area contributed by atoms with Crippen molar-refractivity contribution in [1.29, 1.82) is 0 Å². The fourth-order valence-corrected chi connectivity index (χ4v) is 3.04. The van der Waals surface area contributed by atoms with E-state index in [1.807, 2.05) is 0 Å². The highest BCUT2D eigenvalue weighted by atomic mass is 32.2. The smallest absolute Gasteiger partial charge is 0.238 e. The van der Waals surface area contributed by atoms with Crippen LogP contribution in [0.3, 0.4) is 0 Å². The molecule has 1 aromatic rings. The van der Waals surface area contributed by atoms with Gasteiger partial charge in [0, 0.05) is 12.1 Å². The quantitative estimate of drug-likeness (QED) is 0.494. The van der Waals surface area contributed by atoms with Crippen LogP contribution in [0.2, 0.25) is 0 Å². The Kier molecular flexibility index (Phi) is 2.95. The van der Waals surface area contributed by atoms with E-state index in [0.29, 0.717) is 0 Å². The van der Waals surface area contributed by atoms with E-state index in [0.717, 1.165) is 5.56 Å². The Morgan fingerprint density at radius 3 is 2.33 bits per heavy atom. The molecule has 2 unspecified atom stereocenters. The molecule has 1 aliphatic rings. The Balaban J connectivity index is 2.27. The Bertz CT molecular complexity index is 576. The molecule has 0 aliphatic heterocycles. The van der Waals surface area contributed by atoms with Gasteiger partial charge in [0.05, 0.1) is 4.90 Å². The first-order chi connectivity index (χ1) is 8.28. The standard InChI is InChI=1S/C12H16N2O3S/c1-12(2)10(7-14-15)11(12)8-3-5-9(6-4-8)18(13,16)17/h3-7,10-11,15H,1-2H3,(H2,13,16,17)/b14-7-. The molecular weight excluding hydrogens is 252 g/mol. The van der Waals surface area contributed by atoms with Gasteiger partial charge in [-0.05, 0) is 29.0 Å².